The van der Waals surface area contributed by atoms with Gasteiger partial charge in [-0.3, -0.25) is 38.4 Å². The first-order chi connectivity index (χ1) is 21.0. The Morgan fingerprint density at radius 1 is 0.587 bits per heavy atom. The molecule has 0 unspecified atom stereocenters. The van der Waals surface area contributed by atoms with Crippen molar-refractivity contribution in [2.75, 3.05) is 12.5 Å². The van der Waals surface area contributed by atoms with Gasteiger partial charge in [0.15, 0.2) is 23.1 Å². The maximum Gasteiger partial charge on any atom is 0.163 e. The van der Waals surface area contributed by atoms with Crippen molar-refractivity contribution in [3.05, 3.63) is 22.8 Å². The summed E-state index contributed by atoms with van der Waals surface area (Å²) in [6.07, 6.45) is 9.59. The third kappa shape index (κ3) is 65.3. The minimum absolute atomic E-state index is 0.0579. The Hall–Kier alpha value is -1.35. The van der Waals surface area contributed by atoms with Crippen LogP contribution >= 0.6 is 49.0 Å². The Morgan fingerprint density at radius 3 is 0.826 bits per heavy atom. The molecule has 0 bridgehead atoms. The van der Waals surface area contributed by atoms with E-state index >= 15 is 0 Å². The van der Waals surface area contributed by atoms with E-state index < -0.39 is 5.92 Å². The average Bonchev–Trinajstić information content (AvgIpc) is 2.90. The summed E-state index contributed by atoms with van der Waals surface area (Å²) in [5, 5.41) is 0. The van der Waals surface area contributed by atoms with Gasteiger partial charge < -0.3 is 0 Å². The highest BCUT2D eigenvalue weighted by Crippen LogP contribution is 2.05. The lowest BCUT2D eigenvalue weighted by molar-refractivity contribution is -0.130. The number of ketones is 8. The van der Waals surface area contributed by atoms with Crippen molar-refractivity contribution < 1.29 is 38.4 Å². The summed E-state index contributed by atoms with van der Waals surface area (Å²) >= 11 is 5.99. The highest BCUT2D eigenvalue weighted by Gasteiger charge is 2.11. The first-order valence-corrected chi connectivity index (χ1v) is 22.8. The summed E-state index contributed by atoms with van der Waals surface area (Å²) in [5.74, 6) is -1.26. The van der Waals surface area contributed by atoms with Crippen LogP contribution in [0.4, 0.5) is 0 Å². The highest BCUT2D eigenvalue weighted by molar-refractivity contribution is 15.0. The summed E-state index contributed by atoms with van der Waals surface area (Å²) in [5.41, 5.74) is 1.41. The smallest absolute Gasteiger partial charge is 0.163 e. The van der Waals surface area contributed by atoms with E-state index in [4.69, 9.17) is 0 Å². The van der Waals surface area contributed by atoms with Gasteiger partial charge in [0, 0.05) is 37.2 Å². The quantitative estimate of drug-likeness (QED) is 0.0959. The average molecular weight is 899 g/mol. The van der Waals surface area contributed by atoms with Gasteiger partial charge in [0.25, 0.3) is 0 Å². The molecule has 0 radical (unpaired) electrons. The standard InChI is InChI=1S/C8H12O2.C7H10O2.C6H10O2.C5H8O2.C4H10.C3H8.C2H6S.I2/c1-5(2)8(6(3)9)7(4)10;1-4-7(5(2)8)6(3)9;1-4(5(2)7)6(3)8;1-4(6)3-5(2)7;1-3-4-2;2*1-3-2;1-2/h1-4H3;4H,1-3H3;4H,1-3H3;3H2,1-2H3;3-4H2,1-2H3;3H2,1-2H3;1-2H3;. The predicted molar refractivity (Wildman–Crippen MR) is 215 cm³/mol. The second-order valence-electron chi connectivity index (χ2n) is 9.94. The molecule has 272 valence electrons. The van der Waals surface area contributed by atoms with Gasteiger partial charge in [0.05, 0.1) is 23.5 Å². The van der Waals surface area contributed by atoms with Crippen LogP contribution < -0.4 is 0 Å². The molecule has 0 N–H and O–H groups in total. The second-order valence-corrected chi connectivity index (χ2v) is 10.8. The molecule has 0 atom stereocenters. The Bertz CT molecular complexity index is 871. The number of carbonyl (C=O) groups excluding carboxylic acids is 8. The van der Waals surface area contributed by atoms with Gasteiger partial charge in [-0.25, -0.2) is 0 Å². The lowest BCUT2D eigenvalue weighted by Crippen LogP contribution is -2.14. The topological polar surface area (TPSA) is 137 Å². The molecule has 0 aliphatic rings. The highest BCUT2D eigenvalue weighted by atomic mass is 128. The molecule has 0 rings (SSSR count). The molecule has 0 fully saturated rings. The Balaban J connectivity index is -0.0000000628. The second kappa shape index (κ2) is 48.1. The van der Waals surface area contributed by atoms with Crippen LogP contribution in [0.25, 0.3) is 0 Å². The van der Waals surface area contributed by atoms with E-state index in [0.29, 0.717) is 5.57 Å². The van der Waals surface area contributed by atoms with E-state index in [2.05, 4.69) is 64.9 Å². The van der Waals surface area contributed by atoms with Crippen LogP contribution in [-0.2, 0) is 38.4 Å². The number of unbranched alkanes of at least 4 members (excludes halogenated alkanes) is 1. The Labute approximate surface area is 309 Å². The molecule has 0 heterocycles. The predicted octanol–water partition coefficient (Wildman–Crippen LogP) is 9.94. The minimum Gasteiger partial charge on any atom is -0.300 e. The van der Waals surface area contributed by atoms with Gasteiger partial charge in [0.1, 0.15) is 23.1 Å². The van der Waals surface area contributed by atoms with Crippen molar-refractivity contribution in [2.24, 2.45) is 5.92 Å². The van der Waals surface area contributed by atoms with E-state index in [1.165, 1.54) is 80.7 Å². The van der Waals surface area contributed by atoms with Crippen molar-refractivity contribution in [1.82, 2.24) is 0 Å². The number of rotatable bonds is 9. The van der Waals surface area contributed by atoms with E-state index in [0.717, 1.165) is 5.57 Å². The monoisotopic (exact) mass is 898 g/mol. The number of hydrogen-bond donors (Lipinski definition) is 0. The van der Waals surface area contributed by atoms with Crippen LogP contribution in [0.2, 0.25) is 0 Å². The number of halogens is 2. The molecular formula is C35H64I2O8S. The molecule has 0 aromatic carbocycles. The lowest BCUT2D eigenvalue weighted by atomic mass is 10.0. The molecule has 0 amide bonds. The third-order valence-electron chi connectivity index (χ3n) is 4.47. The zero-order chi connectivity index (χ0) is 39.2. The van der Waals surface area contributed by atoms with Gasteiger partial charge >= 0.3 is 0 Å². The summed E-state index contributed by atoms with van der Waals surface area (Å²) in [6.45, 7) is 26.7. The SMILES string of the molecule is CC(=O)C(C(C)=O)=C(C)C.CC(=O)C(C)C(C)=O.CC(=O)CC(C)=O.CC=C(C(C)=O)C(C)=O.CCC.CCCC.CSC.II. The van der Waals surface area contributed by atoms with Gasteiger partial charge in [-0.1, -0.05) is 58.6 Å². The third-order valence-corrected chi connectivity index (χ3v) is 4.47. The Morgan fingerprint density at radius 2 is 0.826 bits per heavy atom. The summed E-state index contributed by atoms with van der Waals surface area (Å²) in [6, 6.07) is 0. The van der Waals surface area contributed by atoms with Gasteiger partial charge in [-0.2, -0.15) is 11.8 Å². The molecule has 11 heteroatoms. The van der Waals surface area contributed by atoms with E-state index in [-0.39, 0.29) is 58.3 Å². The summed E-state index contributed by atoms with van der Waals surface area (Å²) in [4.78, 5) is 83.3. The van der Waals surface area contributed by atoms with Crippen LogP contribution in [0, 0.1) is 5.92 Å². The van der Waals surface area contributed by atoms with Crippen molar-refractivity contribution in [1.29, 1.82) is 0 Å². The van der Waals surface area contributed by atoms with Gasteiger partial charge in [-0.05, 0) is 95.6 Å². The minimum atomic E-state index is -0.407. The van der Waals surface area contributed by atoms with Crippen LogP contribution in [0.1, 0.15) is 136 Å². The summed E-state index contributed by atoms with van der Waals surface area (Å²) < 4.78 is 0. The van der Waals surface area contributed by atoms with Crippen LogP contribution in [0.3, 0.4) is 0 Å². The number of carbonyl (C=O) groups is 8. The number of allylic oxidation sites excluding steroid dienone is 4. The molecule has 46 heavy (non-hydrogen) atoms. The zero-order valence-electron chi connectivity index (χ0n) is 31.9. The van der Waals surface area contributed by atoms with Gasteiger partial charge in [0.2, 0.25) is 0 Å². The number of hydrogen-bond acceptors (Lipinski definition) is 9. The fourth-order valence-electron chi connectivity index (χ4n) is 2.24. The molecule has 0 aromatic heterocycles. The molecule has 0 aliphatic carbocycles. The molecule has 0 saturated heterocycles. The van der Waals surface area contributed by atoms with Crippen molar-refractivity contribution in [2.45, 2.75) is 136 Å². The molecular weight excluding hydrogens is 834 g/mol. The van der Waals surface area contributed by atoms with Crippen LogP contribution in [-0.4, -0.2) is 58.8 Å². The zero-order valence-corrected chi connectivity index (χ0v) is 37.0. The van der Waals surface area contributed by atoms with E-state index in [1.54, 1.807) is 39.5 Å². The van der Waals surface area contributed by atoms with Crippen molar-refractivity contribution in [3.63, 3.8) is 0 Å². The lowest BCUT2D eigenvalue weighted by Gasteiger charge is -1.98. The largest absolute Gasteiger partial charge is 0.300 e. The Kier molecular flexibility index (Phi) is 66.2. The van der Waals surface area contributed by atoms with E-state index in [1.807, 2.05) is 12.5 Å². The van der Waals surface area contributed by atoms with Crippen molar-refractivity contribution in [3.8, 4) is 0 Å². The number of thioether (sulfide) groups is 1. The summed E-state index contributed by atoms with van der Waals surface area (Å²) in [7, 11) is 0. The maximum absolute atomic E-state index is 10.7. The van der Waals surface area contributed by atoms with Gasteiger partial charge in [-0.15, -0.1) is 0 Å². The van der Waals surface area contributed by atoms with Crippen LogP contribution in [0.5, 0.6) is 0 Å². The maximum atomic E-state index is 10.7. The molecule has 0 saturated carbocycles. The van der Waals surface area contributed by atoms with Crippen molar-refractivity contribution >= 4 is 95.3 Å². The fraction of sp³-hybridized carbons (Fsp3) is 0.657. The fourth-order valence-corrected chi connectivity index (χ4v) is 2.24. The van der Waals surface area contributed by atoms with E-state index in [9.17, 15) is 38.4 Å². The molecule has 8 nitrogen and oxygen atoms in total. The number of Topliss-reactive ketones (excluding diaryl/α,β-unsaturated/α-hetero) is 8. The molecule has 0 spiro atoms. The first-order valence-electron chi connectivity index (χ1n) is 14.9. The normalized spacial score (nSPS) is 8.02. The van der Waals surface area contributed by atoms with Crippen LogP contribution in [0.15, 0.2) is 22.8 Å². The first kappa shape index (κ1) is 63.3. The molecule has 0 aliphatic heterocycles. The molecule has 0 aromatic rings.